The van der Waals surface area contributed by atoms with Gasteiger partial charge in [0, 0.05) is 35.3 Å². The lowest BCUT2D eigenvalue weighted by molar-refractivity contribution is -0.274. The number of piperidine rings is 1. The molecule has 2 saturated heterocycles. The molecule has 0 amide bonds. The molecular formula is C27H28F3N3O5. The van der Waals surface area contributed by atoms with Gasteiger partial charge in [0.25, 0.3) is 0 Å². The Labute approximate surface area is 217 Å². The van der Waals surface area contributed by atoms with Crippen LogP contribution in [0, 0.1) is 5.92 Å². The quantitative estimate of drug-likeness (QED) is 0.453. The summed E-state index contributed by atoms with van der Waals surface area (Å²) in [6.07, 6.45) is 0.932. The fourth-order valence-corrected chi connectivity index (χ4v) is 5.44. The van der Waals surface area contributed by atoms with Crippen molar-refractivity contribution >= 4 is 23.3 Å². The summed E-state index contributed by atoms with van der Waals surface area (Å²) in [6.45, 7) is -0.100. The van der Waals surface area contributed by atoms with Gasteiger partial charge in [-0.3, -0.25) is 4.79 Å². The van der Waals surface area contributed by atoms with Gasteiger partial charge >= 0.3 is 12.3 Å². The van der Waals surface area contributed by atoms with Gasteiger partial charge in [-0.25, -0.2) is 9.78 Å². The second kappa shape index (κ2) is 10.3. The van der Waals surface area contributed by atoms with E-state index in [1.165, 1.54) is 36.5 Å². The van der Waals surface area contributed by atoms with Crippen molar-refractivity contribution in [1.82, 2.24) is 4.98 Å². The average molecular weight is 532 g/mol. The van der Waals surface area contributed by atoms with Gasteiger partial charge in [0.2, 0.25) is 0 Å². The number of carbonyl (C=O) groups is 2. The Kier molecular flexibility index (Phi) is 7.04. The van der Waals surface area contributed by atoms with Crippen LogP contribution in [0.25, 0.3) is 5.70 Å². The molecule has 11 heteroatoms. The van der Waals surface area contributed by atoms with Gasteiger partial charge in [0.05, 0.1) is 24.0 Å². The van der Waals surface area contributed by atoms with E-state index >= 15 is 0 Å². The summed E-state index contributed by atoms with van der Waals surface area (Å²) in [5, 5.41) is 9.13. The van der Waals surface area contributed by atoms with E-state index in [1.807, 2.05) is 0 Å². The molecule has 5 rings (SSSR count). The van der Waals surface area contributed by atoms with E-state index in [0.717, 1.165) is 18.7 Å². The van der Waals surface area contributed by atoms with E-state index in [2.05, 4.69) is 14.6 Å². The maximum Gasteiger partial charge on any atom is 0.573 e. The lowest BCUT2D eigenvalue weighted by Crippen LogP contribution is -2.46. The largest absolute Gasteiger partial charge is 0.573 e. The molecule has 0 spiro atoms. The summed E-state index contributed by atoms with van der Waals surface area (Å²) in [6, 6.07) is 9.06. The van der Waals surface area contributed by atoms with E-state index in [4.69, 9.17) is 15.6 Å². The maximum absolute atomic E-state index is 13.1. The molecule has 1 aromatic carbocycles. The molecule has 2 unspecified atom stereocenters. The minimum absolute atomic E-state index is 0.00296. The first-order valence-corrected chi connectivity index (χ1v) is 12.6. The maximum atomic E-state index is 13.1. The molecule has 8 nitrogen and oxygen atoms in total. The molecule has 3 N–H and O–H groups in total. The Hall–Kier alpha value is -3.60. The van der Waals surface area contributed by atoms with Crippen LogP contribution in [0.5, 0.6) is 5.75 Å². The summed E-state index contributed by atoms with van der Waals surface area (Å²) in [5.41, 5.74) is 6.55. The third-order valence-corrected chi connectivity index (χ3v) is 7.39. The average Bonchev–Trinajstić information content (AvgIpc) is 3.68. The SMILES string of the molecule is NC(=C(COC1CC2CC[C@@H](C1)N2c1ccc(C(=O)O)cn1)C(=O)C1CC1)c1ccccc1OC(F)(F)F. The fourth-order valence-electron chi connectivity index (χ4n) is 5.44. The Morgan fingerprint density at radius 1 is 1.05 bits per heavy atom. The number of aromatic nitrogens is 1. The number of anilines is 1. The van der Waals surface area contributed by atoms with Gasteiger partial charge in [-0.2, -0.15) is 0 Å². The first-order valence-electron chi connectivity index (χ1n) is 12.6. The molecule has 0 radical (unpaired) electrons. The van der Waals surface area contributed by atoms with Crippen LogP contribution >= 0.6 is 0 Å². The number of fused-ring (bicyclic) bond motifs is 2. The first kappa shape index (κ1) is 26.0. The topological polar surface area (TPSA) is 115 Å². The predicted octanol–water partition coefficient (Wildman–Crippen LogP) is 4.54. The number of hydrogen-bond donors (Lipinski definition) is 2. The summed E-state index contributed by atoms with van der Waals surface area (Å²) in [4.78, 5) is 30.8. The minimum atomic E-state index is -4.90. The number of ketones is 1. The highest BCUT2D eigenvalue weighted by atomic mass is 19.4. The number of aromatic carboxylic acids is 1. The predicted molar refractivity (Wildman–Crippen MR) is 131 cm³/mol. The Morgan fingerprint density at radius 3 is 2.32 bits per heavy atom. The number of halogens is 3. The van der Waals surface area contributed by atoms with Gasteiger partial charge in [0.15, 0.2) is 5.78 Å². The van der Waals surface area contributed by atoms with Crippen molar-refractivity contribution in [3.8, 4) is 5.75 Å². The Morgan fingerprint density at radius 2 is 1.74 bits per heavy atom. The second-order valence-electron chi connectivity index (χ2n) is 9.98. The molecule has 3 heterocycles. The molecule has 38 heavy (non-hydrogen) atoms. The van der Waals surface area contributed by atoms with Gasteiger partial charge in [0.1, 0.15) is 11.6 Å². The summed E-state index contributed by atoms with van der Waals surface area (Å²) in [5.74, 6) is -1.17. The molecule has 3 fully saturated rings. The number of carboxylic acids is 1. The number of carboxylic acid groups (broad SMARTS) is 1. The van der Waals surface area contributed by atoms with Crippen LogP contribution in [-0.4, -0.2) is 53.0 Å². The van der Waals surface area contributed by atoms with Crippen molar-refractivity contribution in [1.29, 1.82) is 0 Å². The number of rotatable bonds is 9. The molecule has 2 aromatic rings. The Balaban J connectivity index is 1.32. The standard InChI is InChI=1S/C27H28F3N3O5/c28-27(29,30)38-22-4-2-1-3-20(22)24(31)21(25(34)15-5-6-15)14-37-19-11-17-8-9-18(12-19)33(17)23-10-7-16(13-32-23)26(35)36/h1-4,7,10,13,15,17-19H,5-6,8-9,11-12,14,31H2,(H,35,36)/t17-,18?,19?/m0/s1. The smallest absolute Gasteiger partial charge is 0.478 e. The molecule has 3 aliphatic rings. The van der Waals surface area contributed by atoms with Crippen LogP contribution < -0.4 is 15.4 Å². The molecule has 3 atom stereocenters. The van der Waals surface area contributed by atoms with Crippen LogP contribution in [0.15, 0.2) is 48.2 Å². The van der Waals surface area contributed by atoms with Crippen molar-refractivity contribution in [2.45, 2.75) is 63.1 Å². The van der Waals surface area contributed by atoms with E-state index in [1.54, 1.807) is 6.07 Å². The zero-order chi connectivity index (χ0) is 27.0. The van der Waals surface area contributed by atoms with Crippen molar-refractivity contribution in [3.05, 3.63) is 59.3 Å². The van der Waals surface area contributed by atoms with E-state index < -0.39 is 18.1 Å². The fraction of sp³-hybridized carbons (Fsp3) is 0.444. The van der Waals surface area contributed by atoms with Crippen molar-refractivity contribution in [3.63, 3.8) is 0 Å². The highest BCUT2D eigenvalue weighted by Gasteiger charge is 2.42. The molecule has 202 valence electrons. The van der Waals surface area contributed by atoms with Crippen molar-refractivity contribution in [2.24, 2.45) is 11.7 Å². The molecule has 1 saturated carbocycles. The molecule has 1 aromatic heterocycles. The van der Waals surface area contributed by atoms with Crippen molar-refractivity contribution in [2.75, 3.05) is 11.5 Å². The van der Waals surface area contributed by atoms with Gasteiger partial charge in [-0.1, -0.05) is 12.1 Å². The number of alkyl halides is 3. The number of Topliss-reactive ketones (excluding diaryl/α,β-unsaturated/α-hetero) is 1. The van der Waals surface area contributed by atoms with Crippen LogP contribution in [0.1, 0.15) is 54.4 Å². The zero-order valence-electron chi connectivity index (χ0n) is 20.5. The third-order valence-electron chi connectivity index (χ3n) is 7.39. The monoisotopic (exact) mass is 531 g/mol. The number of nitrogens with two attached hydrogens (primary N) is 1. The number of para-hydroxylation sites is 1. The zero-order valence-corrected chi connectivity index (χ0v) is 20.5. The normalized spacial score (nSPS) is 23.7. The number of benzene rings is 1. The van der Waals surface area contributed by atoms with Gasteiger partial charge < -0.3 is 25.2 Å². The summed E-state index contributed by atoms with van der Waals surface area (Å²) < 4.78 is 49.2. The van der Waals surface area contributed by atoms with Crippen LogP contribution in [-0.2, 0) is 9.53 Å². The summed E-state index contributed by atoms with van der Waals surface area (Å²) >= 11 is 0. The molecular weight excluding hydrogens is 503 g/mol. The minimum Gasteiger partial charge on any atom is -0.478 e. The number of carbonyl (C=O) groups excluding carboxylic acids is 1. The molecule has 1 aliphatic carbocycles. The number of ether oxygens (including phenoxy) is 2. The summed E-state index contributed by atoms with van der Waals surface area (Å²) in [7, 11) is 0. The number of nitrogens with zero attached hydrogens (tertiary/aromatic N) is 2. The molecule has 2 bridgehead atoms. The lowest BCUT2D eigenvalue weighted by atomic mass is 9.98. The van der Waals surface area contributed by atoms with Gasteiger partial charge in [-0.15, -0.1) is 13.2 Å². The second-order valence-corrected chi connectivity index (χ2v) is 9.98. The van der Waals surface area contributed by atoms with E-state index in [0.29, 0.717) is 25.7 Å². The van der Waals surface area contributed by atoms with Gasteiger partial charge in [-0.05, 0) is 62.8 Å². The van der Waals surface area contributed by atoms with Crippen molar-refractivity contribution < 1.29 is 37.3 Å². The van der Waals surface area contributed by atoms with Crippen LogP contribution in [0.2, 0.25) is 0 Å². The van der Waals surface area contributed by atoms with E-state index in [9.17, 15) is 22.8 Å². The van der Waals surface area contributed by atoms with E-state index in [-0.39, 0.29) is 58.9 Å². The lowest BCUT2D eigenvalue weighted by Gasteiger charge is -2.39. The third kappa shape index (κ3) is 5.62. The highest BCUT2D eigenvalue weighted by molar-refractivity contribution is 6.05. The Bertz CT molecular complexity index is 1230. The number of pyridine rings is 1. The highest BCUT2D eigenvalue weighted by Crippen LogP contribution is 2.41. The molecule has 2 aliphatic heterocycles. The van der Waals surface area contributed by atoms with Crippen LogP contribution in [0.3, 0.4) is 0 Å². The first-order chi connectivity index (χ1) is 18.1. The van der Waals surface area contributed by atoms with Crippen LogP contribution in [0.4, 0.5) is 19.0 Å². The number of hydrogen-bond acceptors (Lipinski definition) is 7.